The van der Waals surface area contributed by atoms with Gasteiger partial charge < -0.3 is 31.7 Å². The van der Waals surface area contributed by atoms with Crippen LogP contribution >= 0.6 is 11.8 Å². The summed E-state index contributed by atoms with van der Waals surface area (Å²) in [6.07, 6.45) is 56.2. The molecule has 77 heavy (non-hydrogen) atoms. The predicted molar refractivity (Wildman–Crippen MR) is 335 cm³/mol. The van der Waals surface area contributed by atoms with Crippen molar-refractivity contribution in [2.75, 3.05) is 57.4 Å². The number of nitrogens with one attached hydrogen (secondary N) is 4. The zero-order chi connectivity index (χ0) is 56.0. The van der Waals surface area contributed by atoms with E-state index in [0.717, 1.165) is 103 Å². The Hall–Kier alpha value is -1.69. The Balaban J connectivity index is 5.19. The SMILES string of the molecule is CCCCCCCCCCCCCCCC(=O)CCC(COC(=O)CCCCCCCCCCCCCCC)CSC[C@H](NC(=O)CCCCCCCCCCCCCCC)C(=O)NCCCNCCCCNCCCN. The lowest BCUT2D eigenvalue weighted by molar-refractivity contribution is -0.145. The van der Waals surface area contributed by atoms with Crippen LogP contribution in [0.4, 0.5) is 0 Å². The Kier molecular flexibility index (Phi) is 62.1. The van der Waals surface area contributed by atoms with Crippen LogP contribution in [0, 0.1) is 5.92 Å². The average molecular weight is 1110 g/mol. The van der Waals surface area contributed by atoms with Crippen LogP contribution in [0.2, 0.25) is 0 Å². The minimum Gasteiger partial charge on any atom is -0.465 e. The van der Waals surface area contributed by atoms with Crippen LogP contribution in [-0.4, -0.2) is 87.0 Å². The number of rotatable bonds is 65. The molecule has 0 aromatic heterocycles. The van der Waals surface area contributed by atoms with Gasteiger partial charge in [-0.2, -0.15) is 11.8 Å². The lowest BCUT2D eigenvalue weighted by atomic mass is 10.0. The monoisotopic (exact) mass is 1110 g/mol. The molecule has 1 unspecified atom stereocenters. The Morgan fingerprint density at radius 2 is 0.779 bits per heavy atom. The highest BCUT2D eigenvalue weighted by Crippen LogP contribution is 2.20. The van der Waals surface area contributed by atoms with Gasteiger partial charge in [-0.25, -0.2) is 0 Å². The van der Waals surface area contributed by atoms with Crippen LogP contribution in [0.25, 0.3) is 0 Å². The maximum absolute atomic E-state index is 13.7. The van der Waals surface area contributed by atoms with Crippen LogP contribution in [0.1, 0.15) is 329 Å². The first kappa shape index (κ1) is 75.3. The third-order valence-corrected chi connectivity index (χ3v) is 16.8. The summed E-state index contributed by atoms with van der Waals surface area (Å²) in [7, 11) is 0. The molecular formula is C66H131N5O5S. The molecule has 0 radical (unpaired) electrons. The summed E-state index contributed by atoms with van der Waals surface area (Å²) in [5.41, 5.74) is 5.59. The smallest absolute Gasteiger partial charge is 0.305 e. The number of ether oxygens (including phenoxy) is 1. The topological polar surface area (TPSA) is 152 Å². The molecule has 11 heteroatoms. The minimum atomic E-state index is -0.648. The van der Waals surface area contributed by atoms with E-state index in [1.807, 2.05) is 0 Å². The highest BCUT2D eigenvalue weighted by atomic mass is 32.2. The van der Waals surface area contributed by atoms with E-state index in [2.05, 4.69) is 42.0 Å². The normalized spacial score (nSPS) is 12.3. The number of nitrogens with two attached hydrogens (primary N) is 1. The number of unbranched alkanes of at least 4 members (excludes halogenated alkanes) is 37. The maximum Gasteiger partial charge on any atom is 0.305 e. The van der Waals surface area contributed by atoms with E-state index in [-0.39, 0.29) is 30.3 Å². The van der Waals surface area contributed by atoms with Gasteiger partial charge in [-0.1, -0.05) is 252 Å². The molecule has 0 aromatic rings. The first-order valence-electron chi connectivity index (χ1n) is 33.8. The zero-order valence-electron chi connectivity index (χ0n) is 51.5. The fraction of sp³-hybridized carbons (Fsp3) is 0.939. The van der Waals surface area contributed by atoms with E-state index in [9.17, 15) is 19.2 Å². The molecule has 0 saturated heterocycles. The lowest BCUT2D eigenvalue weighted by Gasteiger charge is -2.21. The Morgan fingerprint density at radius 1 is 0.403 bits per heavy atom. The Bertz CT molecular complexity index is 1210. The summed E-state index contributed by atoms with van der Waals surface area (Å²) in [4.78, 5) is 53.2. The van der Waals surface area contributed by atoms with Crippen LogP contribution in [0.15, 0.2) is 0 Å². The fourth-order valence-corrected chi connectivity index (χ4v) is 11.4. The van der Waals surface area contributed by atoms with Gasteiger partial charge in [0.1, 0.15) is 11.8 Å². The molecule has 0 saturated carbocycles. The van der Waals surface area contributed by atoms with Gasteiger partial charge in [-0.15, -0.1) is 0 Å². The molecule has 0 aromatic carbocycles. The zero-order valence-corrected chi connectivity index (χ0v) is 52.3. The largest absolute Gasteiger partial charge is 0.465 e. The van der Waals surface area contributed by atoms with E-state index in [4.69, 9.17) is 10.5 Å². The van der Waals surface area contributed by atoms with Crippen molar-refractivity contribution in [3.05, 3.63) is 0 Å². The molecule has 456 valence electrons. The molecule has 0 aliphatic carbocycles. The van der Waals surface area contributed by atoms with Crippen molar-refractivity contribution in [1.29, 1.82) is 0 Å². The molecule has 0 bridgehead atoms. The molecule has 0 heterocycles. The van der Waals surface area contributed by atoms with Crippen molar-refractivity contribution in [2.45, 2.75) is 335 Å². The second-order valence-corrected chi connectivity index (χ2v) is 24.3. The molecule has 0 aliphatic heterocycles. The van der Waals surface area contributed by atoms with Crippen LogP contribution in [-0.2, 0) is 23.9 Å². The molecule has 2 atom stereocenters. The minimum absolute atomic E-state index is 0.00388. The number of carbonyl (C=O) groups is 4. The number of hydrogen-bond acceptors (Lipinski definition) is 9. The number of Topliss-reactive ketones (excluding diaryl/α,β-unsaturated/α-hetero) is 1. The first-order chi connectivity index (χ1) is 37.9. The van der Waals surface area contributed by atoms with Gasteiger partial charge >= 0.3 is 5.97 Å². The van der Waals surface area contributed by atoms with Crippen LogP contribution in [0.3, 0.4) is 0 Å². The van der Waals surface area contributed by atoms with Crippen molar-refractivity contribution in [3.8, 4) is 0 Å². The molecule has 6 N–H and O–H groups in total. The van der Waals surface area contributed by atoms with Gasteiger partial charge in [-0.3, -0.25) is 19.2 Å². The van der Waals surface area contributed by atoms with E-state index >= 15 is 0 Å². The number of amides is 2. The number of hydrogen-bond donors (Lipinski definition) is 5. The number of thioether (sulfide) groups is 1. The highest BCUT2D eigenvalue weighted by Gasteiger charge is 2.22. The van der Waals surface area contributed by atoms with E-state index < -0.39 is 6.04 Å². The third-order valence-electron chi connectivity index (χ3n) is 15.5. The van der Waals surface area contributed by atoms with Crippen molar-refractivity contribution < 1.29 is 23.9 Å². The molecular weight excluding hydrogens is 975 g/mol. The number of carbonyl (C=O) groups excluding carboxylic acids is 4. The van der Waals surface area contributed by atoms with E-state index in [1.165, 1.54) is 205 Å². The summed E-state index contributed by atoms with van der Waals surface area (Å²) >= 11 is 1.63. The van der Waals surface area contributed by atoms with Crippen molar-refractivity contribution >= 4 is 35.3 Å². The average Bonchev–Trinajstić information content (AvgIpc) is 3.43. The summed E-state index contributed by atoms with van der Waals surface area (Å²) in [6, 6.07) is -0.648. The summed E-state index contributed by atoms with van der Waals surface area (Å²) < 4.78 is 5.91. The summed E-state index contributed by atoms with van der Waals surface area (Å²) in [6.45, 7) is 12.1. The number of ketones is 1. The molecule has 2 amide bonds. The van der Waals surface area contributed by atoms with Crippen LogP contribution < -0.4 is 27.0 Å². The molecule has 0 fully saturated rings. The Morgan fingerprint density at radius 3 is 1.21 bits per heavy atom. The molecule has 0 rings (SSSR count). The van der Waals surface area contributed by atoms with E-state index in [0.29, 0.717) is 55.9 Å². The van der Waals surface area contributed by atoms with Crippen LogP contribution in [0.5, 0.6) is 0 Å². The van der Waals surface area contributed by atoms with Gasteiger partial charge in [0, 0.05) is 43.9 Å². The molecule has 0 spiro atoms. The summed E-state index contributed by atoms with van der Waals surface area (Å²) in [5.74, 6) is 1.03. The third kappa shape index (κ3) is 58.8. The van der Waals surface area contributed by atoms with Crippen molar-refractivity contribution in [1.82, 2.24) is 21.3 Å². The molecule has 0 aliphatic rings. The van der Waals surface area contributed by atoms with Crippen molar-refractivity contribution in [3.63, 3.8) is 0 Å². The predicted octanol–water partition coefficient (Wildman–Crippen LogP) is 17.0. The summed E-state index contributed by atoms with van der Waals surface area (Å²) in [5, 5.41) is 13.1. The van der Waals surface area contributed by atoms with Crippen molar-refractivity contribution in [2.24, 2.45) is 11.7 Å². The lowest BCUT2D eigenvalue weighted by Crippen LogP contribution is -2.48. The first-order valence-corrected chi connectivity index (χ1v) is 35.0. The van der Waals surface area contributed by atoms with Gasteiger partial charge in [0.2, 0.25) is 11.8 Å². The standard InChI is InChI=1S/C66H131N5O5S/c1-4-7-10-13-16-19-22-25-28-31-34-37-40-47-62(72)51-50-61(58-76-65(74)49-42-39-36-33-30-27-24-21-18-15-12-9-6-3)59-77-60-63(66(75)70-57-46-56-69-54-44-43-53-68-55-45-52-67)71-64(73)48-41-38-35-32-29-26-23-20-17-14-11-8-5-2/h61,63,68-69H,4-60,67H2,1-3H3,(H,70,75)(H,71,73)/t61?,63-/m0/s1. The second kappa shape index (κ2) is 63.5. The quantitative estimate of drug-likeness (QED) is 0.0296. The van der Waals surface area contributed by atoms with E-state index in [1.54, 1.807) is 11.8 Å². The number of esters is 1. The maximum atomic E-state index is 13.7. The Labute approximate surface area is 482 Å². The van der Waals surface area contributed by atoms with Gasteiger partial charge in [-0.05, 0) is 89.8 Å². The fourth-order valence-electron chi connectivity index (χ4n) is 10.2. The molecule has 10 nitrogen and oxygen atoms in total. The van der Waals surface area contributed by atoms with Gasteiger partial charge in [0.05, 0.1) is 6.61 Å². The second-order valence-electron chi connectivity index (χ2n) is 23.3. The van der Waals surface area contributed by atoms with Gasteiger partial charge in [0.15, 0.2) is 0 Å². The van der Waals surface area contributed by atoms with Gasteiger partial charge in [0.25, 0.3) is 0 Å². The highest BCUT2D eigenvalue weighted by molar-refractivity contribution is 7.99.